The smallest absolute Gasteiger partial charge is 0.232 e. The zero-order valence-electron chi connectivity index (χ0n) is 16.8. The second-order valence-electron chi connectivity index (χ2n) is 8.08. The van der Waals surface area contributed by atoms with Crippen LogP contribution < -0.4 is 9.64 Å². The third kappa shape index (κ3) is 3.52. The van der Waals surface area contributed by atoms with Gasteiger partial charge in [-0.1, -0.05) is 53.5 Å². The summed E-state index contributed by atoms with van der Waals surface area (Å²) in [5, 5.41) is 10.1. The summed E-state index contributed by atoms with van der Waals surface area (Å²) in [4.78, 5) is 6.49. The van der Waals surface area contributed by atoms with Gasteiger partial charge in [0.15, 0.2) is 0 Å². The number of ether oxygens (including phenoxy) is 1. The first kappa shape index (κ1) is 19.6. The molecule has 0 radical (unpaired) electrons. The van der Waals surface area contributed by atoms with Gasteiger partial charge in [-0.25, -0.2) is 4.98 Å². The minimum atomic E-state index is 0.0136. The van der Waals surface area contributed by atoms with E-state index in [0.29, 0.717) is 15.9 Å². The fourth-order valence-corrected chi connectivity index (χ4v) is 4.78. The second kappa shape index (κ2) is 7.75. The lowest BCUT2D eigenvalue weighted by molar-refractivity contribution is 0.163. The van der Waals surface area contributed by atoms with E-state index >= 15 is 0 Å². The number of pyridine rings is 1. The van der Waals surface area contributed by atoms with Crippen LogP contribution in [0.25, 0.3) is 0 Å². The van der Waals surface area contributed by atoms with Crippen LogP contribution in [0.4, 0.5) is 5.95 Å². The van der Waals surface area contributed by atoms with E-state index < -0.39 is 0 Å². The molecule has 1 saturated heterocycles. The van der Waals surface area contributed by atoms with Gasteiger partial charge in [-0.2, -0.15) is 0 Å². The number of rotatable bonds is 5. The normalized spacial score (nSPS) is 18.4. The monoisotopic (exact) mass is 443 g/mol. The average Bonchev–Trinajstić information content (AvgIpc) is 3.48. The summed E-state index contributed by atoms with van der Waals surface area (Å²) >= 11 is 12.1. The Morgan fingerprint density at radius 1 is 1.07 bits per heavy atom. The SMILES string of the molecule is Cn1c(N2CCC(Oc3ncc(Cl)cc3Cl)CC2)nnc1C1(c2ccccc2)CC1. The first-order valence-electron chi connectivity index (χ1n) is 10.2. The summed E-state index contributed by atoms with van der Waals surface area (Å²) in [6, 6.07) is 12.3. The molecule has 1 aliphatic carbocycles. The molecule has 1 aromatic carbocycles. The van der Waals surface area contributed by atoms with Crippen LogP contribution in [0.15, 0.2) is 42.6 Å². The van der Waals surface area contributed by atoms with Crippen LogP contribution in [0.3, 0.4) is 0 Å². The molecule has 3 heterocycles. The highest BCUT2D eigenvalue weighted by molar-refractivity contribution is 6.35. The zero-order chi connectivity index (χ0) is 20.7. The Balaban J connectivity index is 1.27. The molecule has 2 aliphatic rings. The molecule has 1 aliphatic heterocycles. The topological polar surface area (TPSA) is 56.1 Å². The minimum absolute atomic E-state index is 0.0136. The largest absolute Gasteiger partial charge is 0.473 e. The van der Waals surface area contributed by atoms with Gasteiger partial charge in [0.05, 0.1) is 10.4 Å². The maximum atomic E-state index is 6.19. The van der Waals surface area contributed by atoms with Crippen LogP contribution in [0.1, 0.15) is 37.1 Å². The van der Waals surface area contributed by atoms with Crippen molar-refractivity contribution in [1.82, 2.24) is 19.7 Å². The molecule has 0 bridgehead atoms. The molecular weight excluding hydrogens is 421 g/mol. The van der Waals surface area contributed by atoms with Crippen LogP contribution >= 0.6 is 23.2 Å². The van der Waals surface area contributed by atoms with Crippen LogP contribution in [0, 0.1) is 0 Å². The van der Waals surface area contributed by atoms with Crippen molar-refractivity contribution < 1.29 is 4.74 Å². The van der Waals surface area contributed by atoms with Crippen molar-refractivity contribution in [3.63, 3.8) is 0 Å². The van der Waals surface area contributed by atoms with Gasteiger partial charge >= 0.3 is 0 Å². The van der Waals surface area contributed by atoms with Crippen molar-refractivity contribution in [2.24, 2.45) is 7.05 Å². The van der Waals surface area contributed by atoms with Crippen molar-refractivity contribution in [2.75, 3.05) is 18.0 Å². The summed E-state index contributed by atoms with van der Waals surface area (Å²) in [6.45, 7) is 1.69. The van der Waals surface area contributed by atoms with Gasteiger partial charge in [-0.05, 0) is 24.5 Å². The Labute approximate surface area is 185 Å². The van der Waals surface area contributed by atoms with E-state index in [9.17, 15) is 0 Å². The van der Waals surface area contributed by atoms with Crippen LogP contribution in [-0.4, -0.2) is 38.9 Å². The van der Waals surface area contributed by atoms with E-state index in [1.54, 1.807) is 12.3 Å². The number of anilines is 1. The lowest BCUT2D eigenvalue weighted by Crippen LogP contribution is -2.39. The molecule has 2 fully saturated rings. The first-order chi connectivity index (χ1) is 14.6. The predicted molar refractivity (Wildman–Crippen MR) is 118 cm³/mol. The van der Waals surface area contributed by atoms with Crippen molar-refractivity contribution in [3.8, 4) is 5.88 Å². The number of hydrogen-bond donors (Lipinski definition) is 0. The number of nitrogens with zero attached hydrogens (tertiary/aromatic N) is 5. The van der Waals surface area contributed by atoms with E-state index in [2.05, 4.69) is 62.0 Å². The summed E-state index contributed by atoms with van der Waals surface area (Å²) in [6.07, 6.45) is 5.60. The highest BCUT2D eigenvalue weighted by Crippen LogP contribution is 2.53. The number of aromatic nitrogens is 4. The fourth-order valence-electron chi connectivity index (χ4n) is 4.36. The van der Waals surface area contributed by atoms with E-state index in [1.165, 1.54) is 5.56 Å². The Hall–Kier alpha value is -2.31. The number of benzene rings is 1. The van der Waals surface area contributed by atoms with Gasteiger partial charge in [0, 0.05) is 39.2 Å². The standard InChI is InChI=1S/C22H23Cl2N5O/c1-28-20(22(9-10-22)15-5-3-2-4-6-15)26-27-21(28)29-11-7-17(8-12-29)30-19-18(24)13-16(23)14-25-19/h2-6,13-14,17H,7-12H2,1H3. The zero-order valence-corrected chi connectivity index (χ0v) is 18.3. The molecular formula is C22H23Cl2N5O. The molecule has 3 aromatic rings. The maximum absolute atomic E-state index is 6.19. The van der Waals surface area contributed by atoms with E-state index in [1.807, 2.05) is 0 Å². The molecule has 5 rings (SSSR count). The number of piperidine rings is 1. The molecule has 8 heteroatoms. The summed E-state index contributed by atoms with van der Waals surface area (Å²) < 4.78 is 8.18. The van der Waals surface area contributed by atoms with Gasteiger partial charge in [-0.3, -0.25) is 4.57 Å². The van der Waals surface area contributed by atoms with Gasteiger partial charge < -0.3 is 9.64 Å². The Morgan fingerprint density at radius 3 is 2.47 bits per heavy atom. The molecule has 30 heavy (non-hydrogen) atoms. The van der Waals surface area contributed by atoms with Crippen LogP contribution in [-0.2, 0) is 12.5 Å². The molecule has 0 atom stereocenters. The number of halogens is 2. The quantitative estimate of drug-likeness (QED) is 0.574. The fraction of sp³-hybridized carbons (Fsp3) is 0.409. The lowest BCUT2D eigenvalue weighted by atomic mass is 9.95. The third-order valence-corrected chi connectivity index (χ3v) is 6.61. The maximum Gasteiger partial charge on any atom is 0.232 e. The van der Waals surface area contributed by atoms with Gasteiger partial charge in [0.2, 0.25) is 11.8 Å². The molecule has 1 saturated carbocycles. The van der Waals surface area contributed by atoms with E-state index in [-0.39, 0.29) is 11.5 Å². The molecule has 156 valence electrons. The highest BCUT2D eigenvalue weighted by Gasteiger charge is 2.50. The Morgan fingerprint density at radius 2 is 1.80 bits per heavy atom. The lowest BCUT2D eigenvalue weighted by Gasteiger charge is -2.32. The average molecular weight is 444 g/mol. The molecule has 6 nitrogen and oxygen atoms in total. The summed E-state index contributed by atoms with van der Waals surface area (Å²) in [5.41, 5.74) is 1.34. The van der Waals surface area contributed by atoms with Crippen molar-refractivity contribution in [3.05, 3.63) is 64.0 Å². The molecule has 0 unspecified atom stereocenters. The van der Waals surface area contributed by atoms with Crippen molar-refractivity contribution >= 4 is 29.2 Å². The first-order valence-corrected chi connectivity index (χ1v) is 11.0. The van der Waals surface area contributed by atoms with Gasteiger partial charge in [0.1, 0.15) is 17.0 Å². The van der Waals surface area contributed by atoms with E-state index in [4.69, 9.17) is 27.9 Å². The van der Waals surface area contributed by atoms with Crippen LogP contribution in [0.5, 0.6) is 5.88 Å². The molecule has 0 spiro atoms. The Kier molecular flexibility index (Phi) is 5.07. The van der Waals surface area contributed by atoms with Crippen molar-refractivity contribution in [2.45, 2.75) is 37.2 Å². The Bertz CT molecular complexity index is 1040. The third-order valence-electron chi connectivity index (χ3n) is 6.13. The second-order valence-corrected chi connectivity index (χ2v) is 8.92. The van der Waals surface area contributed by atoms with Gasteiger partial charge in [-0.15, -0.1) is 10.2 Å². The van der Waals surface area contributed by atoms with Crippen molar-refractivity contribution in [1.29, 1.82) is 0 Å². The van der Waals surface area contributed by atoms with Crippen LogP contribution in [0.2, 0.25) is 10.0 Å². The minimum Gasteiger partial charge on any atom is -0.473 e. The summed E-state index contributed by atoms with van der Waals surface area (Å²) in [5.74, 6) is 2.42. The molecule has 0 N–H and O–H groups in total. The highest BCUT2D eigenvalue weighted by atomic mass is 35.5. The predicted octanol–water partition coefficient (Wildman–Crippen LogP) is 4.64. The van der Waals surface area contributed by atoms with Gasteiger partial charge in [0.25, 0.3) is 0 Å². The molecule has 0 amide bonds. The van der Waals surface area contributed by atoms with E-state index in [0.717, 1.165) is 50.5 Å². The number of hydrogen-bond acceptors (Lipinski definition) is 5. The molecule has 2 aromatic heterocycles. The summed E-state index contributed by atoms with van der Waals surface area (Å²) in [7, 11) is 2.08.